The molecule has 25 heavy (non-hydrogen) atoms. The molecule has 1 aromatic rings. The Labute approximate surface area is 154 Å². The van der Waals surface area contributed by atoms with Crippen LogP contribution in [0.5, 0.6) is 0 Å². The third-order valence-electron chi connectivity index (χ3n) is 4.47. The van der Waals surface area contributed by atoms with Crippen LogP contribution in [-0.4, -0.2) is 17.8 Å². The number of allylic oxidation sites excluding steroid dienone is 2. The van der Waals surface area contributed by atoms with E-state index in [1.165, 1.54) is 18.4 Å². The normalized spacial score (nSPS) is 16.1. The summed E-state index contributed by atoms with van der Waals surface area (Å²) < 4.78 is 5.69. The molecule has 0 unspecified atom stereocenters. The van der Waals surface area contributed by atoms with Crippen molar-refractivity contribution in [3.05, 3.63) is 59.7 Å². The van der Waals surface area contributed by atoms with E-state index in [2.05, 4.69) is 51.1 Å². The molecular formula is C23H36O2. The first-order valence-electron chi connectivity index (χ1n) is 9.69. The minimum atomic E-state index is -0.384. The van der Waals surface area contributed by atoms with Crippen LogP contribution in [0.15, 0.2) is 54.1 Å². The van der Waals surface area contributed by atoms with Gasteiger partial charge in [0.2, 0.25) is 0 Å². The highest BCUT2D eigenvalue weighted by atomic mass is 16.5. The van der Waals surface area contributed by atoms with E-state index in [0.717, 1.165) is 25.0 Å². The summed E-state index contributed by atoms with van der Waals surface area (Å²) in [4.78, 5) is 0. The number of aliphatic hydroxyl groups is 1. The number of ether oxygens (including phenoxy) is 1. The summed E-state index contributed by atoms with van der Waals surface area (Å²) in [5.74, 6) is 0.688. The van der Waals surface area contributed by atoms with Crippen molar-refractivity contribution in [3.63, 3.8) is 0 Å². The van der Waals surface area contributed by atoms with Gasteiger partial charge < -0.3 is 9.84 Å². The fourth-order valence-corrected chi connectivity index (χ4v) is 2.98. The highest BCUT2D eigenvalue weighted by molar-refractivity contribution is 5.13. The van der Waals surface area contributed by atoms with E-state index in [4.69, 9.17) is 4.74 Å². The monoisotopic (exact) mass is 344 g/mol. The second-order valence-corrected chi connectivity index (χ2v) is 7.09. The van der Waals surface area contributed by atoms with Gasteiger partial charge in [-0.05, 0) is 43.2 Å². The van der Waals surface area contributed by atoms with E-state index < -0.39 is 0 Å². The van der Waals surface area contributed by atoms with Gasteiger partial charge in [0, 0.05) is 12.5 Å². The molecule has 0 amide bonds. The van der Waals surface area contributed by atoms with E-state index in [1.54, 1.807) is 0 Å². The van der Waals surface area contributed by atoms with Crippen molar-refractivity contribution in [2.45, 2.75) is 66.1 Å². The van der Waals surface area contributed by atoms with Gasteiger partial charge in [-0.1, -0.05) is 75.8 Å². The zero-order valence-electron chi connectivity index (χ0n) is 16.4. The van der Waals surface area contributed by atoms with Gasteiger partial charge in [0.1, 0.15) is 0 Å². The van der Waals surface area contributed by atoms with Crippen molar-refractivity contribution in [2.24, 2.45) is 11.8 Å². The lowest BCUT2D eigenvalue weighted by molar-refractivity contribution is 0.119. The van der Waals surface area contributed by atoms with E-state index in [-0.39, 0.29) is 12.0 Å². The maximum absolute atomic E-state index is 10.4. The topological polar surface area (TPSA) is 29.5 Å². The molecule has 0 aromatic heterocycles. The van der Waals surface area contributed by atoms with Crippen LogP contribution in [0.3, 0.4) is 0 Å². The van der Waals surface area contributed by atoms with Gasteiger partial charge in [0.15, 0.2) is 0 Å². The van der Waals surface area contributed by atoms with Crippen LogP contribution in [0.25, 0.3) is 0 Å². The zero-order chi connectivity index (χ0) is 18.5. The van der Waals surface area contributed by atoms with Crippen LogP contribution in [0.1, 0.15) is 58.9 Å². The van der Waals surface area contributed by atoms with Crippen LogP contribution >= 0.6 is 0 Å². The molecule has 0 fully saturated rings. The van der Waals surface area contributed by atoms with Crippen molar-refractivity contribution < 1.29 is 9.84 Å². The van der Waals surface area contributed by atoms with Crippen molar-refractivity contribution in [3.8, 4) is 0 Å². The molecular weight excluding hydrogens is 308 g/mol. The first-order valence-corrected chi connectivity index (χ1v) is 9.69. The lowest BCUT2D eigenvalue weighted by atomic mass is 9.94. The van der Waals surface area contributed by atoms with Crippen LogP contribution in [0.2, 0.25) is 0 Å². The average molecular weight is 345 g/mol. The van der Waals surface area contributed by atoms with Gasteiger partial charge >= 0.3 is 0 Å². The van der Waals surface area contributed by atoms with Gasteiger partial charge in [-0.25, -0.2) is 0 Å². The van der Waals surface area contributed by atoms with E-state index >= 15 is 0 Å². The first kappa shape index (κ1) is 21.7. The Morgan fingerprint density at radius 2 is 1.92 bits per heavy atom. The molecule has 2 heteroatoms. The number of hydrogen-bond donors (Lipinski definition) is 1. The second kappa shape index (κ2) is 12.9. The largest absolute Gasteiger partial charge is 0.388 e. The Hall–Kier alpha value is -1.38. The molecule has 2 nitrogen and oxygen atoms in total. The maximum Gasteiger partial charge on any atom is 0.0807 e. The van der Waals surface area contributed by atoms with E-state index in [9.17, 15) is 5.11 Å². The molecule has 1 aromatic carbocycles. The summed E-state index contributed by atoms with van der Waals surface area (Å²) in [5, 5.41) is 10.4. The van der Waals surface area contributed by atoms with Crippen molar-refractivity contribution in [2.75, 3.05) is 6.61 Å². The lowest BCUT2D eigenvalue weighted by Crippen LogP contribution is -2.17. The molecule has 0 radical (unpaired) electrons. The lowest BCUT2D eigenvalue weighted by Gasteiger charge is -2.18. The molecule has 1 rings (SSSR count). The molecule has 0 saturated heterocycles. The Bertz CT molecular complexity index is 504. The number of unbranched alkanes of at least 4 members (excludes halogenated alkanes) is 1. The standard InChI is InChI=1S/C23H36O2/c1-5-12-19(2)17-21(4)23(24)20(3)13-8-7-11-16-25-18-22-14-9-6-10-15-22/h6,8-10,13-15,17,19-20,23-24H,5,7,11-12,16,18H2,1-4H3/b13-8+,21-17+/t19-,20-,23-/m1/s1. The Balaban J connectivity index is 2.21. The number of benzene rings is 1. The molecule has 0 saturated carbocycles. The summed E-state index contributed by atoms with van der Waals surface area (Å²) in [6.07, 6.45) is 10.5. The average Bonchev–Trinajstić information content (AvgIpc) is 2.61. The summed E-state index contributed by atoms with van der Waals surface area (Å²) in [5.41, 5.74) is 2.30. The molecule has 3 atom stereocenters. The second-order valence-electron chi connectivity index (χ2n) is 7.09. The Morgan fingerprint density at radius 1 is 1.20 bits per heavy atom. The molecule has 1 N–H and O–H groups in total. The zero-order valence-corrected chi connectivity index (χ0v) is 16.4. The first-order chi connectivity index (χ1) is 12.0. The van der Waals surface area contributed by atoms with E-state index in [0.29, 0.717) is 12.5 Å². The van der Waals surface area contributed by atoms with Gasteiger partial charge in [0.05, 0.1) is 12.7 Å². The van der Waals surface area contributed by atoms with Gasteiger partial charge in [-0.15, -0.1) is 0 Å². The summed E-state index contributed by atoms with van der Waals surface area (Å²) >= 11 is 0. The predicted octanol–water partition coefficient (Wildman–Crippen LogP) is 5.92. The summed E-state index contributed by atoms with van der Waals surface area (Å²) in [6, 6.07) is 10.3. The SMILES string of the molecule is CCC[C@@H](C)/C=C(\C)[C@H](O)[C@H](C)/C=C/CCCOCc1ccccc1. The fourth-order valence-electron chi connectivity index (χ4n) is 2.98. The highest BCUT2D eigenvalue weighted by Gasteiger charge is 2.13. The third-order valence-corrected chi connectivity index (χ3v) is 4.47. The Morgan fingerprint density at radius 3 is 2.60 bits per heavy atom. The number of rotatable bonds is 12. The molecule has 140 valence electrons. The molecule has 0 aliphatic rings. The van der Waals surface area contributed by atoms with Crippen molar-refractivity contribution >= 4 is 0 Å². The predicted molar refractivity (Wildman–Crippen MR) is 107 cm³/mol. The van der Waals surface area contributed by atoms with Crippen LogP contribution in [0, 0.1) is 11.8 Å². The van der Waals surface area contributed by atoms with Crippen molar-refractivity contribution in [1.82, 2.24) is 0 Å². The summed E-state index contributed by atoms with van der Waals surface area (Å²) in [6.45, 7) is 9.98. The summed E-state index contributed by atoms with van der Waals surface area (Å²) in [7, 11) is 0. The molecule has 0 bridgehead atoms. The van der Waals surface area contributed by atoms with Gasteiger partial charge in [-0.3, -0.25) is 0 Å². The highest BCUT2D eigenvalue weighted by Crippen LogP contribution is 2.18. The minimum Gasteiger partial charge on any atom is -0.388 e. The Kier molecular flexibility index (Phi) is 11.2. The molecule has 0 heterocycles. The van der Waals surface area contributed by atoms with E-state index in [1.807, 2.05) is 25.1 Å². The van der Waals surface area contributed by atoms with Crippen LogP contribution in [-0.2, 0) is 11.3 Å². The fraction of sp³-hybridized carbons (Fsp3) is 0.565. The molecule has 0 aliphatic carbocycles. The minimum absolute atomic E-state index is 0.148. The molecule has 0 spiro atoms. The maximum atomic E-state index is 10.4. The molecule has 0 aliphatic heterocycles. The number of aliphatic hydroxyl groups excluding tert-OH is 1. The smallest absolute Gasteiger partial charge is 0.0807 e. The third kappa shape index (κ3) is 9.62. The van der Waals surface area contributed by atoms with Crippen LogP contribution < -0.4 is 0 Å². The van der Waals surface area contributed by atoms with Gasteiger partial charge in [0.25, 0.3) is 0 Å². The quantitative estimate of drug-likeness (QED) is 0.377. The van der Waals surface area contributed by atoms with Gasteiger partial charge in [-0.2, -0.15) is 0 Å². The van der Waals surface area contributed by atoms with Crippen LogP contribution in [0.4, 0.5) is 0 Å². The van der Waals surface area contributed by atoms with Crippen molar-refractivity contribution in [1.29, 1.82) is 0 Å². The number of hydrogen-bond acceptors (Lipinski definition) is 2.